The van der Waals surface area contributed by atoms with E-state index >= 15 is 0 Å². The number of carbonyl (C=O) groups is 1. The van der Waals surface area contributed by atoms with E-state index in [4.69, 9.17) is 9.47 Å². The van der Waals surface area contributed by atoms with Gasteiger partial charge in [0.15, 0.2) is 0 Å². The highest BCUT2D eigenvalue weighted by atomic mass is 32.1. The summed E-state index contributed by atoms with van der Waals surface area (Å²) in [5.41, 5.74) is 0.912. The van der Waals surface area contributed by atoms with Crippen LogP contribution in [0.15, 0.2) is 35.7 Å². The van der Waals surface area contributed by atoms with E-state index in [-0.39, 0.29) is 5.97 Å². The minimum Gasteiger partial charge on any atom is -0.486 e. The first kappa shape index (κ1) is 14.5. The molecule has 1 aromatic heterocycles. The second-order valence-corrected chi connectivity index (χ2v) is 5.08. The maximum Gasteiger partial charge on any atom is 0.306 e. The molecule has 20 heavy (non-hydrogen) atoms. The Hall–Kier alpha value is -1.88. The van der Waals surface area contributed by atoms with Crippen molar-refractivity contribution >= 4 is 17.3 Å². The van der Waals surface area contributed by atoms with Crippen molar-refractivity contribution in [2.24, 2.45) is 0 Å². The SMILES string of the molecule is CCOC(=O)CCc1csc(COc2ccccc2)n1. The van der Waals surface area contributed by atoms with Gasteiger partial charge in [0.05, 0.1) is 18.7 Å². The average Bonchev–Trinajstić information content (AvgIpc) is 2.92. The second-order valence-electron chi connectivity index (χ2n) is 4.14. The molecule has 2 aromatic rings. The van der Waals surface area contributed by atoms with Gasteiger partial charge in [0, 0.05) is 11.8 Å². The lowest BCUT2D eigenvalue weighted by Crippen LogP contribution is -2.05. The molecule has 0 amide bonds. The smallest absolute Gasteiger partial charge is 0.306 e. The van der Waals surface area contributed by atoms with Crippen LogP contribution in [-0.4, -0.2) is 17.6 Å². The third-order valence-corrected chi connectivity index (χ3v) is 3.47. The molecule has 0 aliphatic heterocycles. The fourth-order valence-electron chi connectivity index (χ4n) is 1.66. The zero-order chi connectivity index (χ0) is 14.2. The molecule has 0 atom stereocenters. The summed E-state index contributed by atoms with van der Waals surface area (Å²) in [6.45, 7) is 2.68. The fraction of sp³-hybridized carbons (Fsp3) is 0.333. The Labute approximate surface area is 122 Å². The summed E-state index contributed by atoms with van der Waals surface area (Å²) in [6.07, 6.45) is 0.983. The first-order valence-corrected chi connectivity index (χ1v) is 7.42. The molecule has 0 N–H and O–H groups in total. The normalized spacial score (nSPS) is 10.2. The molecule has 0 aliphatic carbocycles. The number of hydrogen-bond acceptors (Lipinski definition) is 5. The quantitative estimate of drug-likeness (QED) is 0.735. The number of benzene rings is 1. The lowest BCUT2D eigenvalue weighted by molar-refractivity contribution is -0.143. The van der Waals surface area contributed by atoms with Crippen molar-refractivity contribution < 1.29 is 14.3 Å². The van der Waals surface area contributed by atoms with E-state index in [9.17, 15) is 4.79 Å². The molecule has 2 rings (SSSR count). The van der Waals surface area contributed by atoms with E-state index in [1.54, 1.807) is 18.3 Å². The van der Waals surface area contributed by atoms with Crippen LogP contribution in [0.1, 0.15) is 24.0 Å². The molecule has 0 aliphatic rings. The van der Waals surface area contributed by atoms with E-state index in [0.717, 1.165) is 16.5 Å². The fourth-order valence-corrected chi connectivity index (χ4v) is 2.39. The van der Waals surface area contributed by atoms with Gasteiger partial charge in [-0.25, -0.2) is 4.98 Å². The number of rotatable bonds is 7. The highest BCUT2D eigenvalue weighted by Gasteiger charge is 2.07. The number of hydrogen-bond donors (Lipinski definition) is 0. The van der Waals surface area contributed by atoms with Gasteiger partial charge in [0.2, 0.25) is 0 Å². The Bertz CT molecular complexity index is 539. The van der Waals surface area contributed by atoms with Crippen LogP contribution in [0.2, 0.25) is 0 Å². The van der Waals surface area contributed by atoms with Gasteiger partial charge in [-0.2, -0.15) is 0 Å². The maximum atomic E-state index is 11.3. The number of ether oxygens (including phenoxy) is 2. The molecular formula is C15H17NO3S. The first-order chi connectivity index (χ1) is 9.78. The number of esters is 1. The van der Waals surface area contributed by atoms with Crippen molar-refractivity contribution in [2.45, 2.75) is 26.4 Å². The van der Waals surface area contributed by atoms with Crippen molar-refractivity contribution in [1.82, 2.24) is 4.98 Å². The van der Waals surface area contributed by atoms with Crippen LogP contribution >= 0.6 is 11.3 Å². The molecule has 4 nitrogen and oxygen atoms in total. The highest BCUT2D eigenvalue weighted by Crippen LogP contribution is 2.15. The standard InChI is InChI=1S/C15H17NO3S/c1-2-18-15(17)9-8-12-11-20-14(16-12)10-19-13-6-4-3-5-7-13/h3-7,11H,2,8-10H2,1H3. The minimum absolute atomic E-state index is 0.178. The summed E-state index contributed by atoms with van der Waals surface area (Å²) < 4.78 is 10.5. The topological polar surface area (TPSA) is 48.4 Å². The Balaban J connectivity index is 1.79. The Kier molecular flexibility index (Phi) is 5.55. The van der Waals surface area contributed by atoms with Gasteiger partial charge in [-0.1, -0.05) is 18.2 Å². The molecule has 0 spiro atoms. The zero-order valence-corrected chi connectivity index (χ0v) is 12.2. The van der Waals surface area contributed by atoms with Crippen molar-refractivity contribution in [3.63, 3.8) is 0 Å². The first-order valence-electron chi connectivity index (χ1n) is 6.54. The summed E-state index contributed by atoms with van der Waals surface area (Å²) in [6, 6.07) is 9.64. The van der Waals surface area contributed by atoms with Crippen LogP contribution in [0.5, 0.6) is 5.75 Å². The van der Waals surface area contributed by atoms with Crippen LogP contribution in [0.25, 0.3) is 0 Å². The number of nitrogens with zero attached hydrogens (tertiary/aromatic N) is 1. The third-order valence-electron chi connectivity index (χ3n) is 2.60. The van der Waals surface area contributed by atoms with Gasteiger partial charge in [0.1, 0.15) is 17.4 Å². The molecule has 5 heteroatoms. The zero-order valence-electron chi connectivity index (χ0n) is 11.4. The van der Waals surface area contributed by atoms with Gasteiger partial charge < -0.3 is 9.47 Å². The number of aryl methyl sites for hydroxylation is 1. The molecule has 0 saturated carbocycles. The number of thiazole rings is 1. The maximum absolute atomic E-state index is 11.3. The molecule has 0 unspecified atom stereocenters. The Morgan fingerprint density at radius 3 is 2.85 bits per heavy atom. The minimum atomic E-state index is -0.178. The summed E-state index contributed by atoms with van der Waals surface area (Å²) >= 11 is 1.55. The van der Waals surface area contributed by atoms with Gasteiger partial charge in [-0.3, -0.25) is 4.79 Å². The van der Waals surface area contributed by atoms with Crippen molar-refractivity contribution in [3.8, 4) is 5.75 Å². The Morgan fingerprint density at radius 2 is 2.10 bits per heavy atom. The Morgan fingerprint density at radius 1 is 1.30 bits per heavy atom. The van der Waals surface area contributed by atoms with Gasteiger partial charge in [-0.15, -0.1) is 11.3 Å². The van der Waals surface area contributed by atoms with E-state index in [1.165, 1.54) is 0 Å². The molecule has 106 valence electrons. The van der Waals surface area contributed by atoms with Gasteiger partial charge in [-0.05, 0) is 19.1 Å². The van der Waals surface area contributed by atoms with Gasteiger partial charge in [0.25, 0.3) is 0 Å². The van der Waals surface area contributed by atoms with Crippen molar-refractivity contribution in [3.05, 3.63) is 46.4 Å². The molecule has 0 radical (unpaired) electrons. The van der Waals surface area contributed by atoms with E-state index in [2.05, 4.69) is 4.98 Å². The van der Waals surface area contributed by atoms with Crippen LogP contribution in [0.3, 0.4) is 0 Å². The molecule has 0 saturated heterocycles. The lowest BCUT2D eigenvalue weighted by atomic mass is 10.2. The molecule has 0 fully saturated rings. The predicted octanol–water partition coefficient (Wildman–Crippen LogP) is 3.22. The molecule has 1 aromatic carbocycles. The van der Waals surface area contributed by atoms with Crippen LogP contribution in [-0.2, 0) is 22.6 Å². The van der Waals surface area contributed by atoms with Crippen molar-refractivity contribution in [2.75, 3.05) is 6.61 Å². The molecular weight excluding hydrogens is 274 g/mol. The largest absolute Gasteiger partial charge is 0.486 e. The van der Waals surface area contributed by atoms with E-state index in [0.29, 0.717) is 26.1 Å². The van der Waals surface area contributed by atoms with E-state index < -0.39 is 0 Å². The van der Waals surface area contributed by atoms with Crippen LogP contribution in [0.4, 0.5) is 0 Å². The number of carbonyl (C=O) groups excluding carboxylic acids is 1. The predicted molar refractivity (Wildman–Crippen MR) is 77.8 cm³/mol. The number of para-hydroxylation sites is 1. The van der Waals surface area contributed by atoms with E-state index in [1.807, 2.05) is 35.7 Å². The highest BCUT2D eigenvalue weighted by molar-refractivity contribution is 7.09. The average molecular weight is 291 g/mol. The third kappa shape index (κ3) is 4.66. The molecule has 1 heterocycles. The van der Waals surface area contributed by atoms with Crippen LogP contribution in [0, 0.1) is 0 Å². The summed E-state index contributed by atoms with van der Waals surface area (Å²) in [7, 11) is 0. The van der Waals surface area contributed by atoms with Crippen molar-refractivity contribution in [1.29, 1.82) is 0 Å². The summed E-state index contributed by atoms with van der Waals surface area (Å²) in [5.74, 6) is 0.651. The summed E-state index contributed by atoms with van der Waals surface area (Å²) in [5, 5.41) is 2.87. The van der Waals surface area contributed by atoms with Gasteiger partial charge >= 0.3 is 5.97 Å². The summed E-state index contributed by atoms with van der Waals surface area (Å²) in [4.78, 5) is 15.7. The van der Waals surface area contributed by atoms with Crippen LogP contribution < -0.4 is 4.74 Å². The monoisotopic (exact) mass is 291 g/mol. The number of aromatic nitrogens is 1. The molecule has 0 bridgehead atoms. The second kappa shape index (κ2) is 7.65. The lowest BCUT2D eigenvalue weighted by Gasteiger charge is -2.02.